The third kappa shape index (κ3) is 2.88. The Morgan fingerprint density at radius 1 is 1.14 bits per heavy atom. The van der Waals surface area contributed by atoms with E-state index in [9.17, 15) is 4.79 Å². The highest BCUT2D eigenvalue weighted by Crippen LogP contribution is 2.43. The normalized spacial score (nSPS) is 23.2. The average Bonchev–Trinajstić information content (AvgIpc) is 3.40. The van der Waals surface area contributed by atoms with Gasteiger partial charge in [0.05, 0.1) is 24.0 Å². The van der Waals surface area contributed by atoms with Gasteiger partial charge in [0.1, 0.15) is 11.8 Å². The molecule has 3 aliphatic rings. The number of aromatic nitrogens is 1. The quantitative estimate of drug-likeness (QED) is 0.671. The maximum atomic E-state index is 13.1. The summed E-state index contributed by atoms with van der Waals surface area (Å²) in [5.41, 5.74) is 6.08. The van der Waals surface area contributed by atoms with Crippen LogP contribution in [-0.2, 0) is 4.79 Å². The summed E-state index contributed by atoms with van der Waals surface area (Å²) in [6, 6.07) is 17.5. The van der Waals surface area contributed by atoms with E-state index in [4.69, 9.17) is 9.72 Å². The van der Waals surface area contributed by atoms with Crippen molar-refractivity contribution >= 4 is 28.1 Å². The molecular formula is C21H21N5O2S. The first-order chi connectivity index (χ1) is 14.2. The van der Waals surface area contributed by atoms with Crippen LogP contribution in [0.1, 0.15) is 13.8 Å². The van der Waals surface area contributed by atoms with Crippen molar-refractivity contribution in [3.63, 3.8) is 0 Å². The zero-order valence-corrected chi connectivity index (χ0v) is 17.0. The van der Waals surface area contributed by atoms with Gasteiger partial charge in [0, 0.05) is 10.9 Å². The van der Waals surface area contributed by atoms with Crippen LogP contribution < -0.4 is 15.2 Å². The summed E-state index contributed by atoms with van der Waals surface area (Å²) >= 11 is 1.47. The molecule has 29 heavy (non-hydrogen) atoms. The average molecular weight is 407 g/mol. The minimum Gasteiger partial charge on any atom is -0.492 e. The van der Waals surface area contributed by atoms with E-state index >= 15 is 0 Å². The Morgan fingerprint density at radius 2 is 1.90 bits per heavy atom. The van der Waals surface area contributed by atoms with E-state index in [1.807, 2.05) is 84.1 Å². The third-order valence-electron chi connectivity index (χ3n) is 5.14. The van der Waals surface area contributed by atoms with Crippen molar-refractivity contribution < 1.29 is 9.53 Å². The van der Waals surface area contributed by atoms with Crippen molar-refractivity contribution in [2.45, 2.75) is 25.9 Å². The molecule has 1 aromatic heterocycles. The monoisotopic (exact) mass is 407 g/mol. The van der Waals surface area contributed by atoms with Gasteiger partial charge >= 0.3 is 0 Å². The molecule has 0 aliphatic carbocycles. The Kier molecular flexibility index (Phi) is 4.46. The van der Waals surface area contributed by atoms with Gasteiger partial charge in [-0.3, -0.25) is 10.2 Å². The number of rotatable bonds is 6. The largest absolute Gasteiger partial charge is 0.492 e. The maximum Gasteiger partial charge on any atom is 0.267 e. The number of hydrogen-bond acceptors (Lipinski definition) is 7. The number of nitrogens with one attached hydrogen (secondary N) is 1. The molecule has 1 unspecified atom stereocenters. The van der Waals surface area contributed by atoms with E-state index in [2.05, 4.69) is 5.43 Å². The predicted octanol–water partition coefficient (Wildman–Crippen LogP) is 3.79. The lowest BCUT2D eigenvalue weighted by molar-refractivity contribution is -0.140. The van der Waals surface area contributed by atoms with E-state index in [-0.39, 0.29) is 18.0 Å². The Hall–Kier alpha value is -2.94. The molecule has 0 radical (unpaired) electrons. The minimum atomic E-state index is -0.270. The smallest absolute Gasteiger partial charge is 0.267 e. The number of hydrogen-bond donors (Lipinski definition) is 1. The molecule has 4 heterocycles. The molecule has 2 bridgehead atoms. The first-order valence-corrected chi connectivity index (χ1v) is 10.5. The van der Waals surface area contributed by atoms with Crippen LogP contribution in [0.15, 0.2) is 60.0 Å². The van der Waals surface area contributed by atoms with Crippen molar-refractivity contribution in [3.8, 4) is 17.0 Å². The van der Waals surface area contributed by atoms with Gasteiger partial charge in [-0.15, -0.1) is 21.6 Å². The number of fused-ring (bicyclic) bond motifs is 1. The number of carbonyl (C=O) groups excluding carboxylic acids is 1. The van der Waals surface area contributed by atoms with Crippen molar-refractivity contribution in [2.24, 2.45) is 0 Å². The Morgan fingerprint density at radius 3 is 2.69 bits per heavy atom. The van der Waals surface area contributed by atoms with E-state index in [1.54, 1.807) is 5.01 Å². The molecule has 2 aromatic carbocycles. The Balaban J connectivity index is 1.40. The zero-order valence-electron chi connectivity index (χ0n) is 16.1. The number of nitrogens with zero attached hydrogens (tertiary/aromatic N) is 4. The highest BCUT2D eigenvalue weighted by atomic mass is 32.1. The number of thiazole rings is 1. The zero-order chi connectivity index (χ0) is 20.0. The summed E-state index contributed by atoms with van der Waals surface area (Å²) in [4.78, 5) is 17.8. The lowest BCUT2D eigenvalue weighted by Gasteiger charge is -2.46. The van der Waals surface area contributed by atoms with Crippen molar-refractivity contribution in [1.29, 1.82) is 0 Å². The second-order valence-corrected chi connectivity index (χ2v) is 7.76. The first kappa shape index (κ1) is 18.1. The van der Waals surface area contributed by atoms with Crippen LogP contribution in [0.4, 0.5) is 10.8 Å². The van der Waals surface area contributed by atoms with Gasteiger partial charge in [0.25, 0.3) is 5.91 Å². The number of benzene rings is 2. The number of carbonyl (C=O) groups is 1. The molecule has 1 amide bonds. The van der Waals surface area contributed by atoms with Gasteiger partial charge in [-0.25, -0.2) is 4.98 Å². The second-order valence-electron chi connectivity index (χ2n) is 6.92. The van der Waals surface area contributed by atoms with Gasteiger partial charge in [-0.2, -0.15) is 5.01 Å². The Labute approximate surface area is 173 Å². The van der Waals surface area contributed by atoms with Crippen molar-refractivity contribution in [2.75, 3.05) is 17.0 Å². The fourth-order valence-electron chi connectivity index (χ4n) is 3.77. The molecule has 6 rings (SSSR count). The lowest BCUT2D eigenvalue weighted by atomic mass is 10.1. The van der Waals surface area contributed by atoms with Crippen LogP contribution in [0.25, 0.3) is 11.3 Å². The molecule has 3 aliphatic heterocycles. The molecule has 7 nitrogen and oxygen atoms in total. The summed E-state index contributed by atoms with van der Waals surface area (Å²) in [5.74, 6) is 0.780. The fraction of sp³-hybridized carbons (Fsp3) is 0.238. The molecule has 3 saturated heterocycles. The molecule has 8 heteroatoms. The van der Waals surface area contributed by atoms with E-state index in [0.29, 0.717) is 11.7 Å². The van der Waals surface area contributed by atoms with Gasteiger partial charge in [-0.05, 0) is 26.0 Å². The summed E-state index contributed by atoms with van der Waals surface area (Å²) < 4.78 is 5.70. The lowest BCUT2D eigenvalue weighted by Crippen LogP contribution is -2.67. The molecule has 3 aromatic rings. The maximum absolute atomic E-state index is 13.1. The van der Waals surface area contributed by atoms with E-state index in [0.717, 1.165) is 22.7 Å². The van der Waals surface area contributed by atoms with Crippen LogP contribution in [0.3, 0.4) is 0 Å². The Bertz CT molecular complexity index is 1040. The topological polar surface area (TPSA) is 60.9 Å². The summed E-state index contributed by atoms with van der Waals surface area (Å²) in [6.07, 6.45) is 0. The molecule has 148 valence electrons. The molecule has 0 saturated carbocycles. The number of hydrazine groups is 3. The van der Waals surface area contributed by atoms with Crippen molar-refractivity contribution in [3.05, 3.63) is 60.0 Å². The third-order valence-corrected chi connectivity index (χ3v) is 5.95. The van der Waals surface area contributed by atoms with Crippen LogP contribution in [0.2, 0.25) is 0 Å². The predicted molar refractivity (Wildman–Crippen MR) is 113 cm³/mol. The molecule has 3 fully saturated rings. The first-order valence-electron chi connectivity index (χ1n) is 9.60. The molecule has 1 N–H and O–H groups in total. The molecule has 0 spiro atoms. The van der Waals surface area contributed by atoms with Crippen molar-refractivity contribution in [1.82, 2.24) is 15.2 Å². The fourth-order valence-corrected chi connectivity index (χ4v) is 4.60. The summed E-state index contributed by atoms with van der Waals surface area (Å²) in [7, 11) is 0. The number of ether oxygens (including phenoxy) is 1. The highest BCUT2D eigenvalue weighted by Gasteiger charge is 2.63. The van der Waals surface area contributed by atoms with Crippen LogP contribution >= 0.6 is 11.3 Å². The van der Waals surface area contributed by atoms with Gasteiger partial charge in [-0.1, -0.05) is 42.5 Å². The van der Waals surface area contributed by atoms with E-state index < -0.39 is 0 Å². The SMILES string of the molecule is CCOc1ccccc1NN1[C@@H]2C(=O)N(c3nc(-c4ccccc4)cs3)N1[C@@H]2C. The number of amides is 1. The minimum absolute atomic E-state index is 0.0212. The molecule has 3 atom stereocenters. The van der Waals surface area contributed by atoms with Gasteiger partial charge < -0.3 is 4.74 Å². The van der Waals surface area contributed by atoms with Gasteiger partial charge in [0.15, 0.2) is 0 Å². The standard InChI is InChI=1S/C21H21N5O2S/c1-3-28-18-12-8-7-11-16(18)23-25-19-14(2)26(25)24(20(19)27)21-22-17(13-29-21)15-9-5-4-6-10-15/h4-14,19,23H,3H2,1-2H3/t14-,19+/m1/s1. The molecular weight excluding hydrogens is 386 g/mol. The van der Waals surface area contributed by atoms with Crippen LogP contribution in [0.5, 0.6) is 5.75 Å². The van der Waals surface area contributed by atoms with Crippen LogP contribution in [-0.4, -0.2) is 39.8 Å². The number of anilines is 2. The number of para-hydroxylation sites is 2. The second kappa shape index (κ2) is 7.14. The summed E-state index contributed by atoms with van der Waals surface area (Å²) in [5, 5.41) is 8.10. The highest BCUT2D eigenvalue weighted by molar-refractivity contribution is 7.14. The van der Waals surface area contributed by atoms with Gasteiger partial charge in [0.2, 0.25) is 5.13 Å². The van der Waals surface area contributed by atoms with E-state index in [1.165, 1.54) is 11.3 Å². The van der Waals surface area contributed by atoms with Crippen LogP contribution in [0, 0.1) is 0 Å². The summed E-state index contributed by atoms with van der Waals surface area (Å²) in [6.45, 7) is 4.57.